The number of alkyl halides is 1. The van der Waals surface area contributed by atoms with Crippen molar-refractivity contribution < 1.29 is 9.53 Å². The van der Waals surface area contributed by atoms with Gasteiger partial charge in [0.15, 0.2) is 0 Å². The van der Waals surface area contributed by atoms with E-state index < -0.39 is 0 Å². The summed E-state index contributed by atoms with van der Waals surface area (Å²) in [5.74, 6) is 1.72. The van der Waals surface area contributed by atoms with E-state index >= 15 is 0 Å². The highest BCUT2D eigenvalue weighted by Gasteiger charge is 2.25. The molecule has 1 unspecified atom stereocenters. The molecule has 1 heterocycles. The minimum atomic E-state index is 0.217. The van der Waals surface area contributed by atoms with E-state index in [1.165, 1.54) is 5.56 Å². The van der Waals surface area contributed by atoms with Crippen LogP contribution >= 0.6 is 15.9 Å². The molecule has 110 valence electrons. The third kappa shape index (κ3) is 4.51. The fraction of sp³-hybridized carbons (Fsp3) is 0.562. The Morgan fingerprint density at radius 1 is 1.50 bits per heavy atom. The number of hydrogen-bond acceptors (Lipinski definition) is 2. The second-order valence-electron chi connectivity index (χ2n) is 5.39. The van der Waals surface area contributed by atoms with Gasteiger partial charge in [0.25, 0.3) is 0 Å². The molecule has 1 aliphatic heterocycles. The molecule has 20 heavy (non-hydrogen) atoms. The van der Waals surface area contributed by atoms with Crippen molar-refractivity contribution >= 4 is 21.8 Å². The standard InChI is InChI=1S/C16H22BrNO2/c1-13-3-2-4-15(11-13)20-10-7-16(19)18-9-6-14(12-18)5-8-17/h2-4,11,14H,5-10,12H2,1H3. The van der Waals surface area contributed by atoms with Crippen LogP contribution in [0.15, 0.2) is 24.3 Å². The lowest BCUT2D eigenvalue weighted by Crippen LogP contribution is -2.29. The van der Waals surface area contributed by atoms with Gasteiger partial charge >= 0.3 is 0 Å². The predicted molar refractivity (Wildman–Crippen MR) is 84.4 cm³/mol. The number of amides is 1. The van der Waals surface area contributed by atoms with Crippen molar-refractivity contribution in [1.82, 2.24) is 4.90 Å². The summed E-state index contributed by atoms with van der Waals surface area (Å²) in [6.45, 7) is 4.31. The number of aryl methyl sites for hydroxylation is 1. The summed E-state index contributed by atoms with van der Waals surface area (Å²) >= 11 is 3.47. The minimum absolute atomic E-state index is 0.217. The van der Waals surface area contributed by atoms with Gasteiger partial charge in [0.1, 0.15) is 5.75 Å². The maximum Gasteiger partial charge on any atom is 0.226 e. The van der Waals surface area contributed by atoms with E-state index in [0.717, 1.165) is 37.0 Å². The highest BCUT2D eigenvalue weighted by atomic mass is 79.9. The fourth-order valence-corrected chi connectivity index (χ4v) is 3.22. The first-order chi connectivity index (χ1) is 9.69. The molecule has 0 radical (unpaired) electrons. The number of halogens is 1. The molecule has 0 saturated carbocycles. The second-order valence-corrected chi connectivity index (χ2v) is 6.18. The van der Waals surface area contributed by atoms with Crippen molar-refractivity contribution in [3.05, 3.63) is 29.8 Å². The Kier molecular flexibility index (Phi) is 5.89. The lowest BCUT2D eigenvalue weighted by atomic mass is 10.1. The van der Waals surface area contributed by atoms with Gasteiger partial charge in [0.05, 0.1) is 13.0 Å². The highest BCUT2D eigenvalue weighted by molar-refractivity contribution is 9.09. The molecule has 0 aromatic heterocycles. The fourth-order valence-electron chi connectivity index (χ4n) is 2.57. The van der Waals surface area contributed by atoms with Crippen LogP contribution in [0.2, 0.25) is 0 Å². The molecular weight excluding hydrogens is 318 g/mol. The number of ether oxygens (including phenoxy) is 1. The smallest absolute Gasteiger partial charge is 0.226 e. The summed E-state index contributed by atoms with van der Waals surface area (Å²) < 4.78 is 5.64. The van der Waals surface area contributed by atoms with Gasteiger partial charge in [-0.25, -0.2) is 0 Å². The van der Waals surface area contributed by atoms with Gasteiger partial charge in [-0.05, 0) is 43.4 Å². The molecule has 1 fully saturated rings. The molecule has 1 atom stereocenters. The van der Waals surface area contributed by atoms with E-state index in [1.54, 1.807) is 0 Å². The Morgan fingerprint density at radius 3 is 3.10 bits per heavy atom. The van der Waals surface area contributed by atoms with E-state index in [0.29, 0.717) is 18.9 Å². The van der Waals surface area contributed by atoms with E-state index in [1.807, 2.05) is 36.1 Å². The molecule has 0 bridgehead atoms. The maximum absolute atomic E-state index is 12.1. The van der Waals surface area contributed by atoms with Crippen LogP contribution in [0.5, 0.6) is 5.75 Å². The SMILES string of the molecule is Cc1cccc(OCCC(=O)N2CCC(CCBr)C2)c1. The molecule has 0 spiro atoms. The molecule has 1 amide bonds. The summed E-state index contributed by atoms with van der Waals surface area (Å²) in [6.07, 6.45) is 2.76. The molecule has 1 aromatic rings. The average molecular weight is 340 g/mol. The lowest BCUT2D eigenvalue weighted by molar-refractivity contribution is -0.130. The number of nitrogens with zero attached hydrogens (tertiary/aromatic N) is 1. The van der Waals surface area contributed by atoms with Crippen molar-refractivity contribution in [1.29, 1.82) is 0 Å². The largest absolute Gasteiger partial charge is 0.493 e. The Hall–Kier alpha value is -1.03. The molecule has 4 heteroatoms. The summed E-state index contributed by atoms with van der Waals surface area (Å²) in [7, 11) is 0. The van der Waals surface area contributed by atoms with Crippen molar-refractivity contribution in [3.8, 4) is 5.75 Å². The van der Waals surface area contributed by atoms with Crippen LogP contribution in [-0.4, -0.2) is 35.8 Å². The topological polar surface area (TPSA) is 29.5 Å². The maximum atomic E-state index is 12.1. The third-order valence-electron chi connectivity index (χ3n) is 3.73. The highest BCUT2D eigenvalue weighted by Crippen LogP contribution is 2.21. The van der Waals surface area contributed by atoms with Crippen LogP contribution in [0.25, 0.3) is 0 Å². The number of hydrogen-bond donors (Lipinski definition) is 0. The summed E-state index contributed by atoms with van der Waals surface area (Å²) in [4.78, 5) is 14.1. The van der Waals surface area contributed by atoms with E-state index in [-0.39, 0.29) is 5.91 Å². The number of rotatable bonds is 6. The summed E-state index contributed by atoms with van der Waals surface area (Å²) in [5.41, 5.74) is 1.17. The van der Waals surface area contributed by atoms with Crippen LogP contribution in [0.1, 0.15) is 24.8 Å². The van der Waals surface area contributed by atoms with Crippen molar-refractivity contribution in [2.24, 2.45) is 5.92 Å². The van der Waals surface area contributed by atoms with Gasteiger partial charge < -0.3 is 9.64 Å². The quantitative estimate of drug-likeness (QED) is 0.743. The third-order valence-corrected chi connectivity index (χ3v) is 4.19. The van der Waals surface area contributed by atoms with E-state index in [4.69, 9.17) is 4.74 Å². The van der Waals surface area contributed by atoms with Crippen molar-refractivity contribution in [3.63, 3.8) is 0 Å². The Bertz CT molecular complexity index is 450. The Balaban J connectivity index is 1.70. The first-order valence-electron chi connectivity index (χ1n) is 7.22. The Morgan fingerprint density at radius 2 is 2.35 bits per heavy atom. The molecule has 0 N–H and O–H groups in total. The molecular formula is C16H22BrNO2. The number of likely N-dealkylation sites (tertiary alicyclic amines) is 1. The molecule has 1 saturated heterocycles. The molecule has 1 aromatic carbocycles. The first kappa shape index (κ1) is 15.4. The molecule has 2 rings (SSSR count). The van der Waals surface area contributed by atoms with Crippen molar-refractivity contribution in [2.45, 2.75) is 26.2 Å². The number of carbonyl (C=O) groups is 1. The number of benzene rings is 1. The molecule has 1 aliphatic rings. The molecule has 3 nitrogen and oxygen atoms in total. The summed E-state index contributed by atoms with van der Waals surface area (Å²) in [6, 6.07) is 7.93. The summed E-state index contributed by atoms with van der Waals surface area (Å²) in [5, 5.41) is 1.02. The molecule has 0 aliphatic carbocycles. The lowest BCUT2D eigenvalue weighted by Gasteiger charge is -2.16. The van der Waals surface area contributed by atoms with E-state index in [2.05, 4.69) is 15.9 Å². The van der Waals surface area contributed by atoms with Gasteiger partial charge in [-0.2, -0.15) is 0 Å². The zero-order valence-electron chi connectivity index (χ0n) is 12.0. The second kappa shape index (κ2) is 7.67. The van der Waals surface area contributed by atoms with Crippen LogP contribution < -0.4 is 4.74 Å². The number of carbonyl (C=O) groups excluding carboxylic acids is 1. The zero-order valence-corrected chi connectivity index (χ0v) is 13.6. The van der Waals surface area contributed by atoms with Gasteiger partial charge in [-0.1, -0.05) is 28.1 Å². The van der Waals surface area contributed by atoms with Gasteiger partial charge in [-0.15, -0.1) is 0 Å². The van der Waals surface area contributed by atoms with Gasteiger partial charge in [-0.3, -0.25) is 4.79 Å². The van der Waals surface area contributed by atoms with Gasteiger partial charge in [0.2, 0.25) is 5.91 Å². The van der Waals surface area contributed by atoms with Crippen LogP contribution in [0.4, 0.5) is 0 Å². The normalized spacial score (nSPS) is 18.3. The van der Waals surface area contributed by atoms with Crippen molar-refractivity contribution in [2.75, 3.05) is 25.0 Å². The monoisotopic (exact) mass is 339 g/mol. The zero-order chi connectivity index (χ0) is 14.4. The average Bonchev–Trinajstić information content (AvgIpc) is 2.88. The van der Waals surface area contributed by atoms with Crippen LogP contribution in [0.3, 0.4) is 0 Å². The Labute approximate surface area is 129 Å². The van der Waals surface area contributed by atoms with Crippen LogP contribution in [-0.2, 0) is 4.79 Å². The van der Waals surface area contributed by atoms with Gasteiger partial charge in [0, 0.05) is 18.4 Å². The predicted octanol–water partition coefficient (Wildman–Crippen LogP) is 3.40. The minimum Gasteiger partial charge on any atom is -0.493 e. The van der Waals surface area contributed by atoms with Crippen LogP contribution in [0, 0.1) is 12.8 Å². The first-order valence-corrected chi connectivity index (χ1v) is 8.34. The van der Waals surface area contributed by atoms with E-state index in [9.17, 15) is 4.79 Å².